The lowest BCUT2D eigenvalue weighted by Gasteiger charge is -2.29. The summed E-state index contributed by atoms with van der Waals surface area (Å²) in [5, 5.41) is 3.74. The Kier molecular flexibility index (Phi) is 3.85. The molecule has 2 aromatic rings. The fourth-order valence-corrected chi connectivity index (χ4v) is 3.68. The Morgan fingerprint density at radius 2 is 2.00 bits per heavy atom. The van der Waals surface area contributed by atoms with Gasteiger partial charge < -0.3 is 5.32 Å². The third-order valence-corrected chi connectivity index (χ3v) is 4.71. The van der Waals surface area contributed by atoms with Crippen LogP contribution in [0.1, 0.15) is 35.7 Å². The average Bonchev–Trinajstić information content (AvgIpc) is 2.48. The molecule has 0 amide bonds. The van der Waals surface area contributed by atoms with Gasteiger partial charge in [0, 0.05) is 36.0 Å². The van der Waals surface area contributed by atoms with E-state index < -0.39 is 0 Å². The van der Waals surface area contributed by atoms with Crippen molar-refractivity contribution in [3.05, 3.63) is 65.5 Å². The van der Waals surface area contributed by atoms with Crippen molar-refractivity contribution in [2.75, 3.05) is 5.75 Å². The molecule has 0 aliphatic carbocycles. The van der Waals surface area contributed by atoms with E-state index in [-0.39, 0.29) is 0 Å². The van der Waals surface area contributed by atoms with Crippen molar-refractivity contribution in [1.82, 2.24) is 10.3 Å². The van der Waals surface area contributed by atoms with Crippen LogP contribution >= 0.6 is 11.8 Å². The van der Waals surface area contributed by atoms with Crippen LogP contribution in [0.4, 0.5) is 0 Å². The highest BCUT2D eigenvalue weighted by atomic mass is 32.2. The molecule has 0 saturated carbocycles. The van der Waals surface area contributed by atoms with Crippen molar-refractivity contribution >= 4 is 11.8 Å². The second-order valence-corrected chi connectivity index (χ2v) is 5.97. The molecule has 0 saturated heterocycles. The van der Waals surface area contributed by atoms with Crippen LogP contribution in [0, 0.1) is 0 Å². The zero-order valence-electron chi connectivity index (χ0n) is 11.0. The summed E-state index contributed by atoms with van der Waals surface area (Å²) in [5.41, 5.74) is 4.23. The summed E-state index contributed by atoms with van der Waals surface area (Å²) < 4.78 is 0. The van der Waals surface area contributed by atoms with Gasteiger partial charge in [0.1, 0.15) is 0 Å². The summed E-state index contributed by atoms with van der Waals surface area (Å²) in [7, 11) is 0. The van der Waals surface area contributed by atoms with Crippen molar-refractivity contribution in [1.29, 1.82) is 0 Å². The summed E-state index contributed by atoms with van der Waals surface area (Å²) in [6, 6.07) is 13.7. The van der Waals surface area contributed by atoms with Crippen molar-refractivity contribution in [3.8, 4) is 0 Å². The van der Waals surface area contributed by atoms with Gasteiger partial charge in [0.05, 0.1) is 0 Å². The molecule has 2 unspecified atom stereocenters. The molecule has 0 spiro atoms. The van der Waals surface area contributed by atoms with Gasteiger partial charge in [-0.2, -0.15) is 11.8 Å². The predicted octanol–water partition coefficient (Wildman–Crippen LogP) is 3.72. The third-order valence-electron chi connectivity index (χ3n) is 3.63. The zero-order valence-corrected chi connectivity index (χ0v) is 11.9. The summed E-state index contributed by atoms with van der Waals surface area (Å²) in [6.07, 6.45) is 3.72. The second kappa shape index (κ2) is 5.76. The van der Waals surface area contributed by atoms with Gasteiger partial charge in [-0.3, -0.25) is 4.98 Å². The highest BCUT2D eigenvalue weighted by Gasteiger charge is 2.21. The number of fused-ring (bicyclic) bond motifs is 1. The van der Waals surface area contributed by atoms with Crippen LogP contribution in [0.2, 0.25) is 0 Å². The number of benzene rings is 1. The number of hydrogen-bond donors (Lipinski definition) is 1. The molecule has 1 N–H and O–H groups in total. The highest BCUT2D eigenvalue weighted by molar-refractivity contribution is 7.98. The first-order chi connectivity index (χ1) is 9.34. The number of aromatic nitrogens is 1. The van der Waals surface area contributed by atoms with Gasteiger partial charge in [0.15, 0.2) is 0 Å². The fraction of sp³-hybridized carbons (Fsp3) is 0.312. The Bertz CT molecular complexity index is 541. The maximum atomic E-state index is 4.08. The second-order valence-electron chi connectivity index (χ2n) is 4.94. The highest BCUT2D eigenvalue weighted by Crippen LogP contribution is 2.32. The minimum absolute atomic E-state index is 0.347. The van der Waals surface area contributed by atoms with Crippen LogP contribution in [0.15, 0.2) is 48.8 Å². The topological polar surface area (TPSA) is 24.9 Å². The molecular formula is C16H18N2S. The van der Waals surface area contributed by atoms with Crippen LogP contribution in [0.3, 0.4) is 0 Å². The van der Waals surface area contributed by atoms with E-state index in [1.54, 1.807) is 0 Å². The molecule has 1 aromatic carbocycles. The van der Waals surface area contributed by atoms with Gasteiger partial charge in [0.2, 0.25) is 0 Å². The number of rotatable bonds is 3. The number of nitrogens with zero attached hydrogens (tertiary/aromatic N) is 1. The van der Waals surface area contributed by atoms with E-state index in [9.17, 15) is 0 Å². The lowest BCUT2D eigenvalue weighted by molar-refractivity contribution is 0.495. The first kappa shape index (κ1) is 12.7. The number of thioether (sulfide) groups is 1. The molecule has 2 nitrogen and oxygen atoms in total. The molecule has 2 heterocycles. The predicted molar refractivity (Wildman–Crippen MR) is 81.1 cm³/mol. The SMILES string of the molecule is CC(NC1CSCc2ccccc21)c1ccncc1. The monoisotopic (exact) mass is 270 g/mol. The van der Waals surface area contributed by atoms with Crippen molar-refractivity contribution in [2.45, 2.75) is 24.8 Å². The van der Waals surface area contributed by atoms with Crippen LogP contribution in [-0.2, 0) is 5.75 Å². The Balaban J connectivity index is 1.78. The molecule has 0 fully saturated rings. The Morgan fingerprint density at radius 3 is 2.84 bits per heavy atom. The van der Waals surface area contributed by atoms with Gasteiger partial charge >= 0.3 is 0 Å². The molecule has 1 aliphatic rings. The largest absolute Gasteiger partial charge is 0.303 e. The van der Waals surface area contributed by atoms with E-state index in [1.807, 2.05) is 24.2 Å². The lowest BCUT2D eigenvalue weighted by atomic mass is 10.00. The quantitative estimate of drug-likeness (QED) is 0.920. The Morgan fingerprint density at radius 1 is 1.21 bits per heavy atom. The van der Waals surface area contributed by atoms with E-state index >= 15 is 0 Å². The average molecular weight is 270 g/mol. The van der Waals surface area contributed by atoms with E-state index in [4.69, 9.17) is 0 Å². The van der Waals surface area contributed by atoms with Crippen LogP contribution in [0.25, 0.3) is 0 Å². The van der Waals surface area contributed by atoms with E-state index in [2.05, 4.69) is 53.6 Å². The normalized spacial score (nSPS) is 19.7. The summed E-state index contributed by atoms with van der Waals surface area (Å²) >= 11 is 2.01. The maximum Gasteiger partial charge on any atom is 0.0419 e. The van der Waals surface area contributed by atoms with Crippen LogP contribution < -0.4 is 5.32 Å². The Hall–Kier alpha value is -1.32. The molecule has 1 aromatic heterocycles. The summed E-state index contributed by atoms with van der Waals surface area (Å²) in [6.45, 7) is 2.22. The van der Waals surface area contributed by atoms with Gasteiger partial charge in [-0.15, -0.1) is 0 Å². The number of pyridine rings is 1. The van der Waals surface area contributed by atoms with Crippen molar-refractivity contribution in [3.63, 3.8) is 0 Å². The van der Waals surface area contributed by atoms with E-state index in [0.29, 0.717) is 12.1 Å². The summed E-state index contributed by atoms with van der Waals surface area (Å²) in [4.78, 5) is 4.08. The van der Waals surface area contributed by atoms with Crippen molar-refractivity contribution < 1.29 is 0 Å². The molecule has 3 heteroatoms. The van der Waals surface area contributed by atoms with Crippen LogP contribution in [0.5, 0.6) is 0 Å². The maximum absolute atomic E-state index is 4.08. The first-order valence-electron chi connectivity index (χ1n) is 6.66. The lowest BCUT2D eigenvalue weighted by Crippen LogP contribution is -2.29. The minimum atomic E-state index is 0.347. The molecule has 19 heavy (non-hydrogen) atoms. The van der Waals surface area contributed by atoms with Crippen molar-refractivity contribution in [2.24, 2.45) is 0 Å². The smallest absolute Gasteiger partial charge is 0.0419 e. The van der Waals surface area contributed by atoms with Gasteiger partial charge in [-0.1, -0.05) is 24.3 Å². The molecule has 2 atom stereocenters. The molecule has 98 valence electrons. The van der Waals surface area contributed by atoms with E-state index in [0.717, 1.165) is 11.5 Å². The van der Waals surface area contributed by atoms with Gasteiger partial charge in [-0.25, -0.2) is 0 Å². The minimum Gasteiger partial charge on any atom is -0.303 e. The standard InChI is InChI=1S/C16H18N2S/c1-12(13-6-8-17-9-7-13)18-16-11-19-10-14-4-2-3-5-15(14)16/h2-9,12,16,18H,10-11H2,1H3. The van der Waals surface area contributed by atoms with Gasteiger partial charge in [0.25, 0.3) is 0 Å². The fourth-order valence-electron chi connectivity index (χ4n) is 2.57. The first-order valence-corrected chi connectivity index (χ1v) is 7.81. The zero-order chi connectivity index (χ0) is 13.1. The van der Waals surface area contributed by atoms with Crippen LogP contribution in [-0.4, -0.2) is 10.7 Å². The third kappa shape index (κ3) is 2.82. The number of nitrogens with one attached hydrogen (secondary N) is 1. The molecule has 0 bridgehead atoms. The van der Waals surface area contributed by atoms with E-state index in [1.165, 1.54) is 16.7 Å². The number of hydrogen-bond acceptors (Lipinski definition) is 3. The van der Waals surface area contributed by atoms with Gasteiger partial charge in [-0.05, 0) is 35.7 Å². The Labute approximate surface area is 118 Å². The summed E-state index contributed by atoms with van der Waals surface area (Å²) in [5.74, 6) is 2.28. The molecular weight excluding hydrogens is 252 g/mol. The molecule has 0 radical (unpaired) electrons. The molecule has 3 rings (SSSR count). The molecule has 1 aliphatic heterocycles.